The van der Waals surface area contributed by atoms with Crippen LogP contribution in [0, 0.1) is 6.07 Å². The summed E-state index contributed by atoms with van der Waals surface area (Å²) in [6.07, 6.45) is 7.93. The molecule has 0 saturated heterocycles. The van der Waals surface area contributed by atoms with Gasteiger partial charge in [0.25, 0.3) is 0 Å². The number of allylic oxidation sites excluding steroid dienone is 4. The first kappa shape index (κ1) is 35.2. The van der Waals surface area contributed by atoms with Crippen LogP contribution < -0.4 is 24.8 Å². The Kier molecular flexibility index (Phi) is 11.6. The van der Waals surface area contributed by atoms with E-state index in [1.807, 2.05) is 0 Å². The molecule has 0 aliphatic heterocycles. The Morgan fingerprint density at radius 3 is 1.81 bits per heavy atom. The zero-order chi connectivity index (χ0) is 29.4. The van der Waals surface area contributed by atoms with Gasteiger partial charge in [0, 0.05) is 0 Å². The first-order chi connectivity index (χ1) is 19.4. The number of benzene rings is 4. The summed E-state index contributed by atoms with van der Waals surface area (Å²) in [7, 11) is 0. The molecule has 0 amide bonds. The summed E-state index contributed by atoms with van der Waals surface area (Å²) in [6, 6.07) is 34.5. The predicted molar refractivity (Wildman–Crippen MR) is 173 cm³/mol. The summed E-state index contributed by atoms with van der Waals surface area (Å²) >= 11 is 1.46. The number of hydrogen-bond acceptors (Lipinski definition) is 0. The molecule has 4 aromatic carbocycles. The molecule has 2 aliphatic rings. The van der Waals surface area contributed by atoms with Gasteiger partial charge in [-0.2, -0.15) is 12.1 Å². The third-order valence-electron chi connectivity index (χ3n) is 8.10. The van der Waals surface area contributed by atoms with E-state index in [0.29, 0.717) is 5.92 Å². The Morgan fingerprint density at radius 1 is 0.744 bits per heavy atom. The summed E-state index contributed by atoms with van der Waals surface area (Å²) in [6.45, 7) is 16.0. The molecular formula is C40H41Cl2Zr-. The van der Waals surface area contributed by atoms with E-state index >= 15 is 0 Å². The van der Waals surface area contributed by atoms with Gasteiger partial charge < -0.3 is 24.8 Å². The van der Waals surface area contributed by atoms with E-state index in [1.165, 1.54) is 83.1 Å². The summed E-state index contributed by atoms with van der Waals surface area (Å²) < 4.78 is 1.42. The van der Waals surface area contributed by atoms with E-state index in [-0.39, 0.29) is 35.6 Å². The quantitative estimate of drug-likeness (QED) is 0.252. The zero-order valence-electron chi connectivity index (χ0n) is 26.4. The molecule has 4 aromatic rings. The Labute approximate surface area is 286 Å². The third kappa shape index (κ3) is 8.05. The molecule has 0 spiro atoms. The van der Waals surface area contributed by atoms with Crippen molar-refractivity contribution in [1.82, 2.24) is 0 Å². The summed E-state index contributed by atoms with van der Waals surface area (Å²) in [5.41, 5.74) is 14.1. The van der Waals surface area contributed by atoms with Crippen molar-refractivity contribution < 1.29 is 49.0 Å². The molecule has 0 radical (unpaired) electrons. The molecule has 0 heterocycles. The summed E-state index contributed by atoms with van der Waals surface area (Å²) in [4.78, 5) is 0. The summed E-state index contributed by atoms with van der Waals surface area (Å²) in [5.74, 6) is 0.360. The van der Waals surface area contributed by atoms with E-state index in [0.717, 1.165) is 6.42 Å². The first-order valence-electron chi connectivity index (χ1n) is 14.7. The van der Waals surface area contributed by atoms with Gasteiger partial charge in [-0.15, -0.1) is 22.3 Å². The number of halogens is 2. The molecule has 2 aliphatic carbocycles. The van der Waals surface area contributed by atoms with Crippen LogP contribution in [0.3, 0.4) is 0 Å². The second kappa shape index (κ2) is 14.2. The maximum atomic E-state index is 3.87. The van der Waals surface area contributed by atoms with Crippen molar-refractivity contribution in [2.24, 2.45) is 0 Å². The molecule has 1 atom stereocenters. The normalized spacial score (nSPS) is 14.8. The molecule has 0 saturated carbocycles. The van der Waals surface area contributed by atoms with Crippen LogP contribution in [0.4, 0.5) is 0 Å². The molecule has 1 unspecified atom stereocenters. The molecule has 6 rings (SSSR count). The fourth-order valence-electron chi connectivity index (χ4n) is 5.71. The van der Waals surface area contributed by atoms with Crippen LogP contribution >= 0.6 is 0 Å². The first-order valence-corrected chi connectivity index (χ1v) is 15.9. The SMILES string of the molecule is CC1=CC(c2[c-]c3c(cc2C(C)(C)C)-c2cc(C(C)(C)C)ccc2C3)C=C1.[Cl-].[Cl-].[Zr+2]=[C](c1ccccc1)c1ccccc1. The number of rotatable bonds is 3. The van der Waals surface area contributed by atoms with Gasteiger partial charge in [-0.25, -0.2) is 0 Å². The fourth-order valence-corrected chi connectivity index (χ4v) is 6.53. The van der Waals surface area contributed by atoms with Crippen molar-refractivity contribution in [3.63, 3.8) is 0 Å². The molecule has 43 heavy (non-hydrogen) atoms. The average molecular weight is 684 g/mol. The minimum absolute atomic E-state index is 0. The van der Waals surface area contributed by atoms with Crippen LogP contribution in [-0.2, 0) is 41.5 Å². The second-order valence-corrected chi connectivity index (χ2v) is 14.7. The van der Waals surface area contributed by atoms with E-state index in [9.17, 15) is 0 Å². The van der Waals surface area contributed by atoms with Gasteiger partial charge in [-0.05, 0) is 30.2 Å². The average Bonchev–Trinajstić information content (AvgIpc) is 3.54. The fraction of sp³-hybridized carbons (Fsp3) is 0.275. The molecular weight excluding hydrogens is 643 g/mol. The van der Waals surface area contributed by atoms with Gasteiger partial charge >= 0.3 is 99.2 Å². The van der Waals surface area contributed by atoms with Gasteiger partial charge in [-0.1, -0.05) is 100 Å². The molecule has 220 valence electrons. The minimum atomic E-state index is 0. The summed E-state index contributed by atoms with van der Waals surface area (Å²) in [5, 5.41) is 0. The Morgan fingerprint density at radius 2 is 1.33 bits per heavy atom. The topological polar surface area (TPSA) is 0 Å². The van der Waals surface area contributed by atoms with Gasteiger partial charge in [-0.3, -0.25) is 0 Å². The van der Waals surface area contributed by atoms with Crippen molar-refractivity contribution in [3.05, 3.63) is 154 Å². The van der Waals surface area contributed by atoms with Crippen LogP contribution in [0.15, 0.2) is 109 Å². The van der Waals surface area contributed by atoms with Gasteiger partial charge in [0.1, 0.15) is 0 Å². The molecule has 0 N–H and O–H groups in total. The van der Waals surface area contributed by atoms with Crippen LogP contribution in [0.5, 0.6) is 0 Å². The Balaban J connectivity index is 0.000000269. The van der Waals surface area contributed by atoms with Gasteiger partial charge in [0.05, 0.1) is 0 Å². The number of hydrogen-bond donors (Lipinski definition) is 0. The standard InChI is InChI=1S/C27H31.C13H10.2ClH.Zr/c1-17-8-9-18(12-17)24-14-20-13-19-10-11-21(26(2,3)4)15-22(19)23(20)16-25(24)27(5,6)7;1-3-7-12(8-4-1)11-13-9-5-2-6-10-13;;;/h8-12,15-16,18H,13H2,1-7H3;1-10H;2*1H;/q-1;;;;+2/p-2. The third-order valence-corrected chi connectivity index (χ3v) is 9.52. The van der Waals surface area contributed by atoms with Crippen LogP contribution in [0.1, 0.15) is 93.3 Å². The van der Waals surface area contributed by atoms with Crippen molar-refractivity contribution in [2.45, 2.75) is 71.6 Å². The van der Waals surface area contributed by atoms with Crippen molar-refractivity contribution in [1.29, 1.82) is 0 Å². The van der Waals surface area contributed by atoms with E-state index in [4.69, 9.17) is 0 Å². The Bertz CT molecular complexity index is 1590. The molecule has 0 bridgehead atoms. The zero-order valence-corrected chi connectivity index (χ0v) is 30.3. The van der Waals surface area contributed by atoms with Crippen LogP contribution in [0.25, 0.3) is 11.1 Å². The Hall–Kier alpha value is -2.31. The van der Waals surface area contributed by atoms with Crippen LogP contribution in [0.2, 0.25) is 0 Å². The van der Waals surface area contributed by atoms with E-state index < -0.39 is 0 Å². The van der Waals surface area contributed by atoms with Crippen molar-refractivity contribution >= 4 is 3.21 Å². The molecule has 0 fully saturated rings. The molecule has 0 aromatic heterocycles. The van der Waals surface area contributed by atoms with Gasteiger partial charge in [0.2, 0.25) is 0 Å². The van der Waals surface area contributed by atoms with E-state index in [1.54, 1.807) is 0 Å². The predicted octanol–water partition coefficient (Wildman–Crippen LogP) is 4.06. The van der Waals surface area contributed by atoms with Gasteiger partial charge in [0.15, 0.2) is 0 Å². The van der Waals surface area contributed by atoms with Crippen molar-refractivity contribution in [3.8, 4) is 11.1 Å². The van der Waals surface area contributed by atoms with E-state index in [2.05, 4.69) is 158 Å². The maximum absolute atomic E-state index is 3.87. The van der Waals surface area contributed by atoms with Crippen molar-refractivity contribution in [2.75, 3.05) is 0 Å². The monoisotopic (exact) mass is 681 g/mol. The molecule has 3 heteroatoms. The second-order valence-electron chi connectivity index (χ2n) is 13.4. The molecule has 0 nitrogen and oxygen atoms in total. The number of fused-ring (bicyclic) bond motifs is 3. The van der Waals surface area contributed by atoms with Crippen LogP contribution in [-0.4, -0.2) is 3.21 Å².